The van der Waals surface area contributed by atoms with E-state index in [4.69, 9.17) is 5.11 Å². The Balaban J connectivity index is 2.67. The van der Waals surface area contributed by atoms with Crippen LogP contribution in [0.15, 0.2) is 6.20 Å². The van der Waals surface area contributed by atoms with Gasteiger partial charge in [-0.05, 0) is 12.8 Å². The minimum Gasteiger partial charge on any atom is -0.480 e. The van der Waals surface area contributed by atoms with Crippen molar-refractivity contribution in [1.82, 2.24) is 10.3 Å². The molecule has 0 radical (unpaired) electrons. The molecule has 1 aromatic heterocycles. The number of carboxylic acid groups (broad SMARTS) is 1. The Morgan fingerprint density at radius 1 is 1.56 bits per heavy atom. The Hall–Kier alpha value is -1.43. The van der Waals surface area contributed by atoms with Crippen molar-refractivity contribution in [2.75, 3.05) is 0 Å². The molecule has 0 aliphatic heterocycles. The summed E-state index contributed by atoms with van der Waals surface area (Å²) in [6.07, 6.45) is 2.61. The second-order valence-corrected chi connectivity index (χ2v) is 4.36. The van der Waals surface area contributed by atoms with E-state index < -0.39 is 12.0 Å². The van der Waals surface area contributed by atoms with Crippen molar-refractivity contribution in [3.8, 4) is 0 Å². The van der Waals surface area contributed by atoms with Gasteiger partial charge in [0.2, 0.25) is 0 Å². The monoisotopic (exact) mass is 242 g/mol. The first-order chi connectivity index (χ1) is 7.58. The van der Waals surface area contributed by atoms with Crippen LogP contribution in [0.25, 0.3) is 0 Å². The molecule has 1 unspecified atom stereocenters. The van der Waals surface area contributed by atoms with Crippen LogP contribution in [0.4, 0.5) is 0 Å². The number of nitrogens with zero attached hydrogens (tertiary/aromatic N) is 1. The summed E-state index contributed by atoms with van der Waals surface area (Å²) >= 11 is 1.29. The van der Waals surface area contributed by atoms with E-state index in [9.17, 15) is 9.59 Å². The van der Waals surface area contributed by atoms with Crippen molar-refractivity contribution in [3.63, 3.8) is 0 Å². The predicted molar refractivity (Wildman–Crippen MR) is 60.7 cm³/mol. The smallest absolute Gasteiger partial charge is 0.326 e. The Bertz CT molecular complexity index is 389. The number of aliphatic carboxylic acids is 1. The molecule has 0 fully saturated rings. The van der Waals surface area contributed by atoms with Crippen LogP contribution in [0.3, 0.4) is 0 Å². The topological polar surface area (TPSA) is 79.3 Å². The second kappa shape index (κ2) is 5.60. The van der Waals surface area contributed by atoms with Gasteiger partial charge in [-0.15, -0.1) is 11.3 Å². The first-order valence-corrected chi connectivity index (χ1v) is 5.88. The summed E-state index contributed by atoms with van der Waals surface area (Å²) in [4.78, 5) is 26.9. The number of hydrogen-bond donors (Lipinski definition) is 2. The molecule has 1 amide bonds. The highest BCUT2D eigenvalue weighted by molar-refractivity contribution is 7.13. The highest BCUT2D eigenvalue weighted by atomic mass is 32.1. The van der Waals surface area contributed by atoms with Crippen molar-refractivity contribution < 1.29 is 14.7 Å². The summed E-state index contributed by atoms with van der Waals surface area (Å²) in [7, 11) is 0. The number of aryl methyl sites for hydroxylation is 1. The van der Waals surface area contributed by atoms with E-state index in [0.29, 0.717) is 11.3 Å². The number of rotatable bonds is 5. The molecule has 16 heavy (non-hydrogen) atoms. The Labute approximate surface area is 97.5 Å². The summed E-state index contributed by atoms with van der Waals surface area (Å²) in [5.41, 5.74) is 0. The summed E-state index contributed by atoms with van der Waals surface area (Å²) in [5.74, 6) is -1.39. The van der Waals surface area contributed by atoms with E-state index >= 15 is 0 Å². The fraction of sp³-hybridized carbons (Fsp3) is 0.500. The standard InChI is InChI=1S/C10H14N2O3S/c1-3-6(10(14)15)12-9(13)7-5-11-8(4-2)16-7/h5-6H,3-4H2,1-2H3,(H,12,13)(H,14,15). The molecular formula is C10H14N2O3S. The third kappa shape index (κ3) is 3.03. The summed E-state index contributed by atoms with van der Waals surface area (Å²) in [6.45, 7) is 3.66. The maximum atomic E-state index is 11.6. The number of nitrogens with one attached hydrogen (secondary N) is 1. The molecule has 0 aliphatic carbocycles. The van der Waals surface area contributed by atoms with Gasteiger partial charge in [-0.1, -0.05) is 13.8 Å². The van der Waals surface area contributed by atoms with E-state index in [1.54, 1.807) is 6.92 Å². The van der Waals surface area contributed by atoms with Crippen LogP contribution >= 0.6 is 11.3 Å². The molecule has 6 heteroatoms. The van der Waals surface area contributed by atoms with E-state index in [1.807, 2.05) is 6.92 Å². The van der Waals surface area contributed by atoms with E-state index in [1.165, 1.54) is 17.5 Å². The molecule has 0 aromatic carbocycles. The first kappa shape index (κ1) is 12.6. The quantitative estimate of drug-likeness (QED) is 0.815. The van der Waals surface area contributed by atoms with Crippen molar-refractivity contribution in [1.29, 1.82) is 0 Å². The zero-order chi connectivity index (χ0) is 12.1. The molecule has 88 valence electrons. The molecule has 0 saturated heterocycles. The molecule has 2 N–H and O–H groups in total. The molecule has 0 spiro atoms. The van der Waals surface area contributed by atoms with E-state index in [0.717, 1.165) is 11.4 Å². The van der Waals surface area contributed by atoms with Gasteiger partial charge in [0.25, 0.3) is 5.91 Å². The van der Waals surface area contributed by atoms with Crippen molar-refractivity contribution in [3.05, 3.63) is 16.1 Å². The summed E-state index contributed by atoms with van der Waals surface area (Å²) in [6, 6.07) is -0.834. The number of thiazole rings is 1. The molecule has 0 saturated carbocycles. The lowest BCUT2D eigenvalue weighted by Crippen LogP contribution is -2.39. The molecule has 0 aliphatic rings. The predicted octanol–water partition coefficient (Wildman–Crippen LogP) is 1.30. The largest absolute Gasteiger partial charge is 0.480 e. The fourth-order valence-corrected chi connectivity index (χ4v) is 1.91. The molecule has 1 aromatic rings. The van der Waals surface area contributed by atoms with Crippen LogP contribution in [0, 0.1) is 0 Å². The molecule has 5 nitrogen and oxygen atoms in total. The zero-order valence-corrected chi connectivity index (χ0v) is 10.0. The van der Waals surface area contributed by atoms with Gasteiger partial charge in [-0.2, -0.15) is 0 Å². The maximum Gasteiger partial charge on any atom is 0.326 e. The van der Waals surface area contributed by atoms with Gasteiger partial charge in [0.1, 0.15) is 10.9 Å². The highest BCUT2D eigenvalue weighted by Gasteiger charge is 2.19. The lowest BCUT2D eigenvalue weighted by atomic mass is 10.2. The van der Waals surface area contributed by atoms with E-state index in [-0.39, 0.29) is 5.91 Å². The molecule has 1 atom stereocenters. The van der Waals surface area contributed by atoms with Crippen molar-refractivity contribution in [2.24, 2.45) is 0 Å². The highest BCUT2D eigenvalue weighted by Crippen LogP contribution is 2.13. The maximum absolute atomic E-state index is 11.6. The number of carbonyl (C=O) groups excluding carboxylic acids is 1. The van der Waals surface area contributed by atoms with Crippen molar-refractivity contribution >= 4 is 23.2 Å². The first-order valence-electron chi connectivity index (χ1n) is 5.06. The van der Waals surface area contributed by atoms with Crippen LogP contribution in [0.1, 0.15) is 34.9 Å². The van der Waals surface area contributed by atoms with Crippen LogP contribution in [-0.2, 0) is 11.2 Å². The minimum atomic E-state index is -1.02. The van der Waals surface area contributed by atoms with Gasteiger partial charge in [-0.25, -0.2) is 9.78 Å². The van der Waals surface area contributed by atoms with Gasteiger partial charge < -0.3 is 10.4 Å². The Kier molecular flexibility index (Phi) is 4.42. The SMILES string of the molecule is CCc1ncc(C(=O)NC(CC)C(=O)O)s1. The number of carboxylic acids is 1. The van der Waals surface area contributed by atoms with E-state index in [2.05, 4.69) is 10.3 Å². The van der Waals surface area contributed by atoms with Gasteiger partial charge in [-0.3, -0.25) is 4.79 Å². The number of carbonyl (C=O) groups is 2. The average molecular weight is 242 g/mol. The second-order valence-electron chi connectivity index (χ2n) is 3.24. The van der Waals surface area contributed by atoms with Gasteiger partial charge in [0, 0.05) is 0 Å². The third-order valence-electron chi connectivity index (χ3n) is 2.09. The van der Waals surface area contributed by atoms with Crippen molar-refractivity contribution in [2.45, 2.75) is 32.7 Å². The zero-order valence-electron chi connectivity index (χ0n) is 9.19. The van der Waals surface area contributed by atoms with Crippen LogP contribution in [0.5, 0.6) is 0 Å². The third-order valence-corrected chi connectivity index (χ3v) is 3.23. The van der Waals surface area contributed by atoms with Crippen LogP contribution in [-0.4, -0.2) is 28.0 Å². The molecular weight excluding hydrogens is 228 g/mol. The average Bonchev–Trinajstić information content (AvgIpc) is 2.73. The number of aromatic nitrogens is 1. The molecule has 1 rings (SSSR count). The molecule has 0 bridgehead atoms. The lowest BCUT2D eigenvalue weighted by molar-refractivity contribution is -0.139. The minimum absolute atomic E-state index is 0.362. The van der Waals surface area contributed by atoms with Crippen LogP contribution in [0.2, 0.25) is 0 Å². The van der Waals surface area contributed by atoms with Gasteiger partial charge in [0.05, 0.1) is 11.2 Å². The Morgan fingerprint density at radius 3 is 2.69 bits per heavy atom. The number of amides is 1. The fourth-order valence-electron chi connectivity index (χ4n) is 1.15. The summed E-state index contributed by atoms with van der Waals surface area (Å²) in [5, 5.41) is 12.1. The van der Waals surface area contributed by atoms with Gasteiger partial charge in [0.15, 0.2) is 0 Å². The number of hydrogen-bond acceptors (Lipinski definition) is 4. The summed E-state index contributed by atoms with van der Waals surface area (Å²) < 4.78 is 0. The Morgan fingerprint density at radius 2 is 2.25 bits per heavy atom. The lowest BCUT2D eigenvalue weighted by Gasteiger charge is -2.10. The molecule has 1 heterocycles. The van der Waals surface area contributed by atoms with Crippen LogP contribution < -0.4 is 5.32 Å². The van der Waals surface area contributed by atoms with Gasteiger partial charge >= 0.3 is 5.97 Å². The normalized spacial score (nSPS) is 12.1.